The lowest BCUT2D eigenvalue weighted by atomic mass is 9.80. The Morgan fingerprint density at radius 3 is 2.12 bits per heavy atom. The second-order valence-corrected chi connectivity index (χ2v) is 4.91. The molecule has 5 heteroatoms. The van der Waals surface area contributed by atoms with Crippen LogP contribution in [-0.4, -0.2) is 9.97 Å². The van der Waals surface area contributed by atoms with Crippen LogP contribution in [0, 0.1) is 5.41 Å². The molecular formula is C11H15F3N2. The van der Waals surface area contributed by atoms with Gasteiger partial charge in [0.1, 0.15) is 12.0 Å². The molecule has 0 aromatic carbocycles. The molecule has 16 heavy (non-hydrogen) atoms. The third-order valence-electron chi connectivity index (χ3n) is 2.72. The zero-order valence-electron chi connectivity index (χ0n) is 9.76. The van der Waals surface area contributed by atoms with Crippen LogP contribution >= 0.6 is 0 Å². The highest BCUT2D eigenvalue weighted by Gasteiger charge is 2.34. The molecule has 1 unspecified atom stereocenters. The summed E-state index contributed by atoms with van der Waals surface area (Å²) in [7, 11) is 0. The summed E-state index contributed by atoms with van der Waals surface area (Å²) in [5.74, 6) is -0.0587. The van der Waals surface area contributed by atoms with Crippen molar-refractivity contribution in [2.75, 3.05) is 0 Å². The number of hydrogen-bond acceptors (Lipinski definition) is 2. The largest absolute Gasteiger partial charge is 0.433 e. The Kier molecular flexibility index (Phi) is 3.26. The Hall–Kier alpha value is -1.13. The molecule has 0 spiro atoms. The van der Waals surface area contributed by atoms with Gasteiger partial charge in [-0.1, -0.05) is 27.7 Å². The van der Waals surface area contributed by atoms with E-state index < -0.39 is 11.9 Å². The molecule has 1 aromatic heterocycles. The van der Waals surface area contributed by atoms with Crippen molar-refractivity contribution in [2.45, 2.75) is 39.8 Å². The number of rotatable bonds is 1. The van der Waals surface area contributed by atoms with E-state index in [1.165, 1.54) is 0 Å². The zero-order chi connectivity index (χ0) is 12.6. The normalized spacial score (nSPS) is 14.9. The average molecular weight is 232 g/mol. The molecule has 1 heterocycles. The van der Waals surface area contributed by atoms with Gasteiger partial charge >= 0.3 is 6.18 Å². The number of hydrogen-bond donors (Lipinski definition) is 0. The van der Waals surface area contributed by atoms with Gasteiger partial charge in [0.25, 0.3) is 0 Å². The summed E-state index contributed by atoms with van der Waals surface area (Å²) >= 11 is 0. The third kappa shape index (κ3) is 2.93. The Balaban J connectivity index is 3.09. The highest BCUT2D eigenvalue weighted by Crippen LogP contribution is 2.35. The van der Waals surface area contributed by atoms with E-state index in [2.05, 4.69) is 9.97 Å². The monoisotopic (exact) mass is 232 g/mol. The van der Waals surface area contributed by atoms with Gasteiger partial charge in [-0.2, -0.15) is 13.2 Å². The minimum absolute atomic E-state index is 0.0587. The SMILES string of the molecule is CC(c1cc(C(F)(F)F)ncn1)C(C)(C)C. The summed E-state index contributed by atoms with van der Waals surface area (Å²) in [5.41, 5.74) is -0.583. The Morgan fingerprint density at radius 1 is 1.12 bits per heavy atom. The molecule has 0 fully saturated rings. The van der Waals surface area contributed by atoms with Crippen LogP contribution < -0.4 is 0 Å². The fourth-order valence-corrected chi connectivity index (χ4v) is 1.21. The summed E-state index contributed by atoms with van der Waals surface area (Å²) in [6, 6.07) is 1.02. The first-order chi connectivity index (χ1) is 7.12. The maximum absolute atomic E-state index is 12.4. The van der Waals surface area contributed by atoms with Crippen LogP contribution in [0.4, 0.5) is 13.2 Å². The van der Waals surface area contributed by atoms with Gasteiger partial charge in [-0.25, -0.2) is 9.97 Å². The van der Waals surface area contributed by atoms with Crippen LogP contribution in [0.3, 0.4) is 0 Å². The molecule has 0 saturated heterocycles. The van der Waals surface area contributed by atoms with Gasteiger partial charge in [-0.05, 0) is 11.5 Å². The van der Waals surface area contributed by atoms with Crippen LogP contribution in [0.1, 0.15) is 45.0 Å². The first-order valence-electron chi connectivity index (χ1n) is 5.01. The first kappa shape index (κ1) is 12.9. The second-order valence-electron chi connectivity index (χ2n) is 4.91. The molecule has 90 valence electrons. The highest BCUT2D eigenvalue weighted by atomic mass is 19.4. The molecule has 2 nitrogen and oxygen atoms in total. The molecule has 1 atom stereocenters. The predicted octanol–water partition coefficient (Wildman–Crippen LogP) is 3.65. The zero-order valence-corrected chi connectivity index (χ0v) is 9.76. The number of alkyl halides is 3. The van der Waals surface area contributed by atoms with E-state index in [4.69, 9.17) is 0 Å². The quantitative estimate of drug-likeness (QED) is 0.738. The van der Waals surface area contributed by atoms with E-state index in [-0.39, 0.29) is 11.3 Å². The van der Waals surface area contributed by atoms with Gasteiger partial charge in [0.05, 0.1) is 0 Å². The fourth-order valence-electron chi connectivity index (χ4n) is 1.21. The van der Waals surface area contributed by atoms with Crippen LogP contribution in [-0.2, 0) is 6.18 Å². The second kappa shape index (κ2) is 4.03. The summed E-state index contributed by atoms with van der Waals surface area (Å²) in [4.78, 5) is 7.15. The van der Waals surface area contributed by atoms with Gasteiger partial charge in [0, 0.05) is 11.6 Å². The minimum Gasteiger partial charge on any atom is -0.241 e. The molecule has 0 aliphatic heterocycles. The Bertz CT molecular complexity index is 366. The van der Waals surface area contributed by atoms with Gasteiger partial charge in [0.2, 0.25) is 0 Å². The number of aromatic nitrogens is 2. The molecule has 0 N–H and O–H groups in total. The lowest BCUT2D eigenvalue weighted by molar-refractivity contribution is -0.141. The minimum atomic E-state index is -4.41. The molecule has 1 rings (SSSR count). The lowest BCUT2D eigenvalue weighted by Crippen LogP contribution is -2.18. The van der Waals surface area contributed by atoms with Crippen LogP contribution in [0.5, 0.6) is 0 Å². The van der Waals surface area contributed by atoms with Crippen LogP contribution in [0.15, 0.2) is 12.4 Å². The maximum Gasteiger partial charge on any atom is 0.433 e. The average Bonchev–Trinajstić information content (AvgIpc) is 2.14. The number of nitrogens with zero attached hydrogens (tertiary/aromatic N) is 2. The summed E-state index contributed by atoms with van der Waals surface area (Å²) in [6.07, 6.45) is -3.43. The molecule has 1 aromatic rings. The third-order valence-corrected chi connectivity index (χ3v) is 2.72. The standard InChI is InChI=1S/C11H15F3N2/c1-7(10(2,3)4)8-5-9(11(12,13)14)16-6-15-8/h5-7H,1-4H3. The lowest BCUT2D eigenvalue weighted by Gasteiger charge is -2.26. The van der Waals surface area contributed by atoms with E-state index in [1.807, 2.05) is 27.7 Å². The Labute approximate surface area is 92.9 Å². The van der Waals surface area contributed by atoms with E-state index in [1.54, 1.807) is 0 Å². The predicted molar refractivity (Wildman–Crippen MR) is 54.9 cm³/mol. The van der Waals surface area contributed by atoms with Gasteiger partial charge in [0.15, 0.2) is 0 Å². The topological polar surface area (TPSA) is 25.8 Å². The number of halogens is 3. The molecular weight excluding hydrogens is 217 g/mol. The highest BCUT2D eigenvalue weighted by molar-refractivity contribution is 5.16. The van der Waals surface area contributed by atoms with Crippen LogP contribution in [0.25, 0.3) is 0 Å². The van der Waals surface area contributed by atoms with E-state index >= 15 is 0 Å². The molecule has 0 amide bonds. The van der Waals surface area contributed by atoms with Crippen molar-refractivity contribution in [3.63, 3.8) is 0 Å². The maximum atomic E-state index is 12.4. The molecule has 0 aliphatic carbocycles. The van der Waals surface area contributed by atoms with Crippen molar-refractivity contribution in [1.82, 2.24) is 9.97 Å². The Morgan fingerprint density at radius 2 is 1.69 bits per heavy atom. The molecule has 0 bridgehead atoms. The van der Waals surface area contributed by atoms with Gasteiger partial charge in [-0.3, -0.25) is 0 Å². The molecule has 0 saturated carbocycles. The van der Waals surface area contributed by atoms with Gasteiger partial charge < -0.3 is 0 Å². The van der Waals surface area contributed by atoms with Gasteiger partial charge in [-0.15, -0.1) is 0 Å². The summed E-state index contributed by atoms with van der Waals surface area (Å²) in [6.45, 7) is 7.76. The molecule has 0 radical (unpaired) electrons. The van der Waals surface area contributed by atoms with Crippen molar-refractivity contribution in [1.29, 1.82) is 0 Å². The van der Waals surface area contributed by atoms with Crippen LogP contribution in [0.2, 0.25) is 0 Å². The smallest absolute Gasteiger partial charge is 0.241 e. The first-order valence-corrected chi connectivity index (χ1v) is 5.01. The van der Waals surface area contributed by atoms with Crippen molar-refractivity contribution in [2.24, 2.45) is 5.41 Å². The van der Waals surface area contributed by atoms with E-state index in [0.717, 1.165) is 12.4 Å². The van der Waals surface area contributed by atoms with E-state index in [0.29, 0.717) is 5.69 Å². The molecule has 0 aliphatic rings. The van der Waals surface area contributed by atoms with Crippen molar-refractivity contribution in [3.05, 3.63) is 23.8 Å². The van der Waals surface area contributed by atoms with Crippen molar-refractivity contribution >= 4 is 0 Å². The van der Waals surface area contributed by atoms with E-state index in [9.17, 15) is 13.2 Å². The fraction of sp³-hybridized carbons (Fsp3) is 0.636. The van der Waals surface area contributed by atoms with Crippen molar-refractivity contribution < 1.29 is 13.2 Å². The summed E-state index contributed by atoms with van der Waals surface area (Å²) in [5, 5.41) is 0. The summed E-state index contributed by atoms with van der Waals surface area (Å²) < 4.78 is 37.3. The van der Waals surface area contributed by atoms with Crippen molar-refractivity contribution in [3.8, 4) is 0 Å².